The number of aromatic nitrogens is 1. The van der Waals surface area contributed by atoms with Crippen LogP contribution in [0.15, 0.2) is 42.7 Å². The number of carbonyl (C=O) groups is 1. The van der Waals surface area contributed by atoms with Crippen molar-refractivity contribution in [3.63, 3.8) is 0 Å². The average Bonchev–Trinajstić information content (AvgIpc) is 2.88. The summed E-state index contributed by atoms with van der Waals surface area (Å²) in [6, 6.07) is 10.3. The van der Waals surface area contributed by atoms with E-state index in [-0.39, 0.29) is 23.9 Å². The zero-order valence-corrected chi connectivity index (χ0v) is 18.1. The summed E-state index contributed by atoms with van der Waals surface area (Å²) in [5.74, 6) is -0.281. The molecule has 1 aliphatic rings. The van der Waals surface area contributed by atoms with E-state index in [2.05, 4.69) is 29.2 Å². The highest BCUT2D eigenvalue weighted by molar-refractivity contribution is 6.62. The molecular formula is C22H29BN2O4. The number of nitrogens with zero attached hydrogens (tertiary/aromatic N) is 2. The summed E-state index contributed by atoms with van der Waals surface area (Å²) in [6.45, 7) is 10.5. The van der Waals surface area contributed by atoms with Gasteiger partial charge >= 0.3 is 13.1 Å². The number of carbonyl (C=O) groups excluding carboxylic acids is 1. The van der Waals surface area contributed by atoms with Crippen molar-refractivity contribution >= 4 is 18.6 Å². The van der Waals surface area contributed by atoms with Crippen LogP contribution in [0.1, 0.15) is 40.2 Å². The number of hydrogen-bond acceptors (Lipinski definition) is 6. The number of hydrogen-bond donors (Lipinski definition) is 0. The lowest BCUT2D eigenvalue weighted by Crippen LogP contribution is -2.41. The third-order valence-corrected chi connectivity index (χ3v) is 5.49. The van der Waals surface area contributed by atoms with Crippen LogP contribution in [0.5, 0.6) is 0 Å². The molecule has 1 aromatic carbocycles. The highest BCUT2D eigenvalue weighted by Gasteiger charge is 2.51. The summed E-state index contributed by atoms with van der Waals surface area (Å²) >= 11 is 0. The van der Waals surface area contributed by atoms with Gasteiger partial charge in [0.2, 0.25) is 0 Å². The van der Waals surface area contributed by atoms with Crippen LogP contribution < -0.4 is 5.46 Å². The summed E-state index contributed by atoms with van der Waals surface area (Å²) < 4.78 is 17.4. The minimum Gasteiger partial charge on any atom is -0.450 e. The fourth-order valence-electron chi connectivity index (χ4n) is 3.13. The number of pyridine rings is 1. The van der Waals surface area contributed by atoms with Crippen LogP contribution in [-0.2, 0) is 25.4 Å². The largest absolute Gasteiger partial charge is 0.496 e. The second-order valence-electron chi connectivity index (χ2n) is 8.57. The molecule has 0 atom stereocenters. The quantitative estimate of drug-likeness (QED) is 0.425. The number of ether oxygens (including phenoxy) is 1. The minimum atomic E-state index is -0.439. The molecule has 1 aliphatic heterocycles. The predicted octanol–water partition coefficient (Wildman–Crippen LogP) is 3.00. The van der Waals surface area contributed by atoms with E-state index in [1.165, 1.54) is 6.92 Å². The molecule has 0 saturated carbocycles. The standard InChI is InChI=1S/C22H29BN2O4/c1-16(26)27-15-25(6)14-17-8-7-9-18(10-17)19-11-20(13-24-12-19)23-28-21(2,3)22(4,5)29-23/h7-13H,14-15H2,1-6H3. The summed E-state index contributed by atoms with van der Waals surface area (Å²) in [6.07, 6.45) is 3.64. The highest BCUT2D eigenvalue weighted by Crippen LogP contribution is 2.36. The molecule has 2 aromatic rings. The molecule has 0 spiro atoms. The Morgan fingerprint density at radius 3 is 2.45 bits per heavy atom. The van der Waals surface area contributed by atoms with Gasteiger partial charge in [-0.1, -0.05) is 24.3 Å². The molecule has 0 bridgehead atoms. The molecule has 0 N–H and O–H groups in total. The molecule has 1 fully saturated rings. The summed E-state index contributed by atoms with van der Waals surface area (Å²) in [7, 11) is 1.47. The van der Waals surface area contributed by atoms with Gasteiger partial charge in [-0.2, -0.15) is 0 Å². The van der Waals surface area contributed by atoms with E-state index >= 15 is 0 Å². The lowest BCUT2D eigenvalue weighted by atomic mass is 9.79. The van der Waals surface area contributed by atoms with Crippen LogP contribution in [-0.4, -0.2) is 48.0 Å². The Bertz CT molecular complexity index is 869. The van der Waals surface area contributed by atoms with E-state index in [4.69, 9.17) is 14.0 Å². The predicted molar refractivity (Wildman–Crippen MR) is 113 cm³/mol. The summed E-state index contributed by atoms with van der Waals surface area (Å²) in [5.41, 5.74) is 3.31. The molecule has 6 nitrogen and oxygen atoms in total. The first-order valence-electron chi connectivity index (χ1n) is 9.79. The van der Waals surface area contributed by atoms with Crippen LogP contribution in [0.25, 0.3) is 11.1 Å². The number of esters is 1. The first kappa shape index (κ1) is 21.5. The molecule has 0 amide bonds. The monoisotopic (exact) mass is 396 g/mol. The van der Waals surface area contributed by atoms with Crippen molar-refractivity contribution in [3.8, 4) is 11.1 Å². The fraction of sp³-hybridized carbons (Fsp3) is 0.455. The molecule has 3 rings (SSSR count). The zero-order chi connectivity index (χ0) is 21.2. The maximum atomic E-state index is 11.0. The van der Waals surface area contributed by atoms with Crippen molar-refractivity contribution in [2.24, 2.45) is 0 Å². The minimum absolute atomic E-state index is 0.262. The first-order valence-corrected chi connectivity index (χ1v) is 9.79. The van der Waals surface area contributed by atoms with Crippen LogP contribution >= 0.6 is 0 Å². The van der Waals surface area contributed by atoms with Crippen LogP contribution in [0.3, 0.4) is 0 Å². The van der Waals surface area contributed by atoms with Crippen LogP contribution in [0.2, 0.25) is 0 Å². The Balaban J connectivity index is 1.77. The lowest BCUT2D eigenvalue weighted by Gasteiger charge is -2.32. The fourth-order valence-corrected chi connectivity index (χ4v) is 3.13. The van der Waals surface area contributed by atoms with Crippen molar-refractivity contribution in [2.75, 3.05) is 13.8 Å². The Labute approximate surface area is 173 Å². The van der Waals surface area contributed by atoms with Gasteiger partial charge in [-0.05, 0) is 57.5 Å². The normalized spacial score (nSPS) is 17.6. The van der Waals surface area contributed by atoms with E-state index in [0.29, 0.717) is 6.54 Å². The van der Waals surface area contributed by atoms with Crippen molar-refractivity contribution in [2.45, 2.75) is 52.4 Å². The van der Waals surface area contributed by atoms with Gasteiger partial charge in [-0.25, -0.2) is 0 Å². The molecule has 2 heterocycles. The van der Waals surface area contributed by atoms with Gasteiger partial charge in [0.05, 0.1) is 11.2 Å². The van der Waals surface area contributed by atoms with E-state index in [9.17, 15) is 4.79 Å². The third-order valence-electron chi connectivity index (χ3n) is 5.49. The molecule has 7 heteroatoms. The second-order valence-corrected chi connectivity index (χ2v) is 8.57. The average molecular weight is 396 g/mol. The van der Waals surface area contributed by atoms with Crippen molar-refractivity contribution in [1.82, 2.24) is 9.88 Å². The van der Waals surface area contributed by atoms with Crippen LogP contribution in [0, 0.1) is 0 Å². The van der Waals surface area contributed by atoms with Gasteiger partial charge in [0.25, 0.3) is 0 Å². The third kappa shape index (κ3) is 5.04. The SMILES string of the molecule is CC(=O)OCN(C)Cc1cccc(-c2cncc(B3OC(C)(C)C(C)(C)O3)c2)c1. The topological polar surface area (TPSA) is 60.9 Å². The molecule has 0 radical (unpaired) electrons. The molecule has 1 saturated heterocycles. The second kappa shape index (κ2) is 8.26. The smallest absolute Gasteiger partial charge is 0.450 e. The Morgan fingerprint density at radius 1 is 1.10 bits per heavy atom. The highest BCUT2D eigenvalue weighted by atomic mass is 16.7. The van der Waals surface area contributed by atoms with E-state index in [1.54, 1.807) is 6.20 Å². The van der Waals surface area contributed by atoms with Crippen molar-refractivity contribution in [3.05, 3.63) is 48.3 Å². The van der Waals surface area contributed by atoms with Crippen molar-refractivity contribution in [1.29, 1.82) is 0 Å². The zero-order valence-electron chi connectivity index (χ0n) is 18.1. The molecule has 154 valence electrons. The van der Waals surface area contributed by atoms with Gasteiger partial charge in [0.15, 0.2) is 0 Å². The maximum absolute atomic E-state index is 11.0. The lowest BCUT2D eigenvalue weighted by molar-refractivity contribution is -0.145. The Morgan fingerprint density at radius 2 is 1.79 bits per heavy atom. The summed E-state index contributed by atoms with van der Waals surface area (Å²) in [5, 5.41) is 0. The van der Waals surface area contributed by atoms with Gasteiger partial charge in [-0.15, -0.1) is 0 Å². The van der Waals surface area contributed by atoms with Crippen molar-refractivity contribution < 1.29 is 18.8 Å². The number of rotatable bonds is 6. The van der Waals surface area contributed by atoms with E-state index in [1.807, 2.05) is 51.9 Å². The number of benzene rings is 1. The Kier molecular flexibility index (Phi) is 6.12. The summed E-state index contributed by atoms with van der Waals surface area (Å²) in [4.78, 5) is 17.3. The maximum Gasteiger partial charge on any atom is 0.496 e. The first-order chi connectivity index (χ1) is 13.6. The van der Waals surface area contributed by atoms with Gasteiger partial charge in [0, 0.05) is 31.3 Å². The molecule has 1 aromatic heterocycles. The molecule has 0 unspecified atom stereocenters. The van der Waals surface area contributed by atoms with E-state index in [0.717, 1.165) is 22.2 Å². The molecule has 29 heavy (non-hydrogen) atoms. The van der Waals surface area contributed by atoms with Crippen LogP contribution in [0.4, 0.5) is 0 Å². The Hall–Kier alpha value is -2.22. The molecule has 0 aliphatic carbocycles. The van der Waals surface area contributed by atoms with E-state index < -0.39 is 7.12 Å². The molecular weight excluding hydrogens is 367 g/mol. The van der Waals surface area contributed by atoms with Gasteiger partial charge in [0.1, 0.15) is 6.73 Å². The van der Waals surface area contributed by atoms with Gasteiger partial charge < -0.3 is 14.0 Å². The van der Waals surface area contributed by atoms with Gasteiger partial charge in [-0.3, -0.25) is 14.7 Å².